The molecular formula is C26H24ClNO3S2. The predicted molar refractivity (Wildman–Crippen MR) is 139 cm³/mol. The molecule has 0 saturated heterocycles. The highest BCUT2D eigenvalue weighted by molar-refractivity contribution is 8.01. The van der Waals surface area contributed by atoms with Crippen LogP contribution in [0.1, 0.15) is 51.9 Å². The molecule has 0 amide bonds. The van der Waals surface area contributed by atoms with Gasteiger partial charge in [0.25, 0.3) is 0 Å². The third-order valence-electron chi connectivity index (χ3n) is 5.21. The van der Waals surface area contributed by atoms with Crippen molar-refractivity contribution in [2.75, 3.05) is 12.4 Å². The first-order valence-corrected chi connectivity index (χ1v) is 12.8. The van der Waals surface area contributed by atoms with Crippen LogP contribution < -0.4 is 0 Å². The van der Waals surface area contributed by atoms with E-state index in [9.17, 15) is 9.59 Å². The van der Waals surface area contributed by atoms with Crippen molar-refractivity contribution < 1.29 is 14.3 Å². The monoisotopic (exact) mass is 497 g/mol. The molecule has 3 heterocycles. The van der Waals surface area contributed by atoms with Gasteiger partial charge in [0.1, 0.15) is 0 Å². The first-order valence-electron chi connectivity index (χ1n) is 10.6. The molecular weight excluding hydrogens is 474 g/mol. The number of hydrogen-bond acceptors (Lipinski definition) is 5. The minimum Gasteiger partial charge on any atom is -0.462 e. The molecule has 0 saturated carbocycles. The molecule has 0 aliphatic carbocycles. The van der Waals surface area contributed by atoms with Gasteiger partial charge >= 0.3 is 5.97 Å². The van der Waals surface area contributed by atoms with Crippen LogP contribution in [0, 0.1) is 6.92 Å². The van der Waals surface area contributed by atoms with Crippen molar-refractivity contribution >= 4 is 62.9 Å². The summed E-state index contributed by atoms with van der Waals surface area (Å²) in [7, 11) is 0. The second-order valence-electron chi connectivity index (χ2n) is 7.93. The summed E-state index contributed by atoms with van der Waals surface area (Å²) in [6.45, 7) is 8.16. The van der Waals surface area contributed by atoms with Crippen LogP contribution in [0.25, 0.3) is 16.4 Å². The van der Waals surface area contributed by atoms with Gasteiger partial charge in [-0.15, -0.1) is 23.1 Å². The second-order valence-corrected chi connectivity index (χ2v) is 10.7. The van der Waals surface area contributed by atoms with E-state index in [1.165, 1.54) is 16.9 Å². The quantitative estimate of drug-likeness (QED) is 0.114. The summed E-state index contributed by atoms with van der Waals surface area (Å²) in [6, 6.07) is 10.8. The zero-order valence-corrected chi connectivity index (χ0v) is 21.3. The standard InChI is InChI=1S/C26H24ClNO3S2/c1-5-31-25(30)20-19-14-16(4)10-12-28(19)22-21(20)24(33-26(22)32-13-11-15(2)3)23(29)17-6-8-18(27)9-7-17/h6-12,14H,5,13H2,1-4H3. The van der Waals surface area contributed by atoms with Gasteiger partial charge in [0.2, 0.25) is 5.78 Å². The maximum Gasteiger partial charge on any atom is 0.341 e. The topological polar surface area (TPSA) is 47.8 Å². The van der Waals surface area contributed by atoms with Crippen molar-refractivity contribution in [2.45, 2.75) is 31.9 Å². The van der Waals surface area contributed by atoms with Crippen molar-refractivity contribution in [3.05, 3.63) is 80.8 Å². The van der Waals surface area contributed by atoms with E-state index in [0.717, 1.165) is 26.6 Å². The van der Waals surface area contributed by atoms with Crippen molar-refractivity contribution in [2.24, 2.45) is 0 Å². The molecule has 0 aliphatic rings. The molecule has 7 heteroatoms. The maximum atomic E-state index is 13.6. The number of hydrogen-bond donors (Lipinski definition) is 0. The molecule has 0 bridgehead atoms. The lowest BCUT2D eigenvalue weighted by Gasteiger charge is -2.05. The van der Waals surface area contributed by atoms with Crippen molar-refractivity contribution in [1.29, 1.82) is 0 Å². The summed E-state index contributed by atoms with van der Waals surface area (Å²) in [5.41, 5.74) is 4.86. The smallest absolute Gasteiger partial charge is 0.341 e. The van der Waals surface area contributed by atoms with Crippen LogP contribution in [0.5, 0.6) is 0 Å². The summed E-state index contributed by atoms with van der Waals surface area (Å²) in [5.74, 6) is 0.230. The number of aryl methyl sites for hydroxylation is 1. The second kappa shape index (κ2) is 9.75. The molecule has 0 radical (unpaired) electrons. The number of carbonyl (C=O) groups excluding carboxylic acids is 2. The molecule has 3 aromatic heterocycles. The Hall–Kier alpha value is -2.54. The van der Waals surface area contributed by atoms with E-state index in [0.29, 0.717) is 26.4 Å². The Balaban J connectivity index is 2.02. The Bertz CT molecular complexity index is 1390. The van der Waals surface area contributed by atoms with Gasteiger partial charge in [-0.1, -0.05) is 23.3 Å². The number of benzene rings is 1. The molecule has 0 fully saturated rings. The SMILES string of the molecule is CCOC(=O)c1c2c(C(=O)c3ccc(Cl)cc3)sc(SCC=C(C)C)c2n2ccc(C)cc12. The van der Waals surface area contributed by atoms with E-state index >= 15 is 0 Å². The number of fused-ring (bicyclic) bond motifs is 3. The van der Waals surface area contributed by atoms with Crippen LogP contribution in [-0.4, -0.2) is 28.5 Å². The molecule has 0 aliphatic heterocycles. The lowest BCUT2D eigenvalue weighted by Crippen LogP contribution is -2.06. The average Bonchev–Trinajstić information content (AvgIpc) is 3.29. The fourth-order valence-electron chi connectivity index (χ4n) is 3.66. The number of halogens is 1. The molecule has 170 valence electrons. The first kappa shape index (κ1) is 23.6. The first-order chi connectivity index (χ1) is 15.8. The highest BCUT2D eigenvalue weighted by Gasteiger charge is 2.29. The lowest BCUT2D eigenvalue weighted by molar-refractivity contribution is 0.0531. The number of thioether (sulfide) groups is 1. The third-order valence-corrected chi connectivity index (χ3v) is 7.82. The summed E-state index contributed by atoms with van der Waals surface area (Å²) < 4.78 is 8.43. The number of aromatic nitrogens is 1. The molecule has 4 aromatic rings. The largest absolute Gasteiger partial charge is 0.462 e. The molecule has 0 spiro atoms. The normalized spacial score (nSPS) is 11.2. The summed E-state index contributed by atoms with van der Waals surface area (Å²) in [4.78, 5) is 27.3. The number of carbonyl (C=O) groups is 2. The van der Waals surface area contributed by atoms with Gasteiger partial charge in [-0.3, -0.25) is 4.79 Å². The van der Waals surface area contributed by atoms with Gasteiger partial charge in [0, 0.05) is 27.9 Å². The Kier molecular flexibility index (Phi) is 6.98. The van der Waals surface area contributed by atoms with E-state index < -0.39 is 5.97 Å². The van der Waals surface area contributed by atoms with Crippen LogP contribution in [0.2, 0.25) is 5.02 Å². The number of ketones is 1. The molecule has 0 unspecified atom stereocenters. The van der Waals surface area contributed by atoms with Crippen molar-refractivity contribution in [3.63, 3.8) is 0 Å². The van der Waals surface area contributed by atoms with Crippen LogP contribution in [0.3, 0.4) is 0 Å². The zero-order valence-electron chi connectivity index (χ0n) is 18.9. The molecule has 4 rings (SSSR count). The highest BCUT2D eigenvalue weighted by atomic mass is 35.5. The summed E-state index contributed by atoms with van der Waals surface area (Å²) in [5, 5.41) is 1.22. The van der Waals surface area contributed by atoms with Gasteiger partial charge in [0.05, 0.1) is 32.3 Å². The zero-order chi connectivity index (χ0) is 23.7. The number of rotatable bonds is 7. The van der Waals surface area contributed by atoms with Crippen LogP contribution in [0.4, 0.5) is 0 Å². The van der Waals surface area contributed by atoms with E-state index in [1.807, 2.05) is 29.7 Å². The molecule has 4 nitrogen and oxygen atoms in total. The Morgan fingerprint density at radius 1 is 1.18 bits per heavy atom. The minimum atomic E-state index is -0.417. The third kappa shape index (κ3) is 4.60. The van der Waals surface area contributed by atoms with Crippen molar-refractivity contribution in [3.8, 4) is 0 Å². The Labute approximate surface area is 206 Å². The number of esters is 1. The van der Waals surface area contributed by atoms with E-state index in [2.05, 4.69) is 19.9 Å². The number of thiophene rings is 1. The molecule has 0 atom stereocenters. The van der Waals surface area contributed by atoms with Gasteiger partial charge in [-0.2, -0.15) is 0 Å². The van der Waals surface area contributed by atoms with Gasteiger partial charge in [0.15, 0.2) is 0 Å². The van der Waals surface area contributed by atoms with Crippen LogP contribution >= 0.6 is 34.7 Å². The van der Waals surface area contributed by atoms with E-state index in [-0.39, 0.29) is 12.4 Å². The lowest BCUT2D eigenvalue weighted by atomic mass is 10.1. The summed E-state index contributed by atoms with van der Waals surface area (Å²) >= 11 is 9.13. The molecule has 1 aromatic carbocycles. The van der Waals surface area contributed by atoms with Crippen LogP contribution in [0.15, 0.2) is 58.5 Å². The molecule has 0 N–H and O–H groups in total. The summed E-state index contributed by atoms with van der Waals surface area (Å²) in [6.07, 6.45) is 4.12. The van der Waals surface area contributed by atoms with Gasteiger partial charge in [-0.05, 0) is 69.7 Å². The number of pyridine rings is 1. The van der Waals surface area contributed by atoms with E-state index in [1.54, 1.807) is 43.0 Å². The number of allylic oxidation sites excluding steroid dienone is 1. The van der Waals surface area contributed by atoms with Gasteiger partial charge < -0.3 is 9.14 Å². The van der Waals surface area contributed by atoms with Crippen LogP contribution in [-0.2, 0) is 4.74 Å². The number of nitrogens with zero attached hydrogens (tertiary/aromatic N) is 1. The minimum absolute atomic E-state index is 0.131. The molecule has 33 heavy (non-hydrogen) atoms. The Morgan fingerprint density at radius 3 is 2.58 bits per heavy atom. The fourth-order valence-corrected chi connectivity index (χ4v) is 6.37. The highest BCUT2D eigenvalue weighted by Crippen LogP contribution is 2.44. The Morgan fingerprint density at radius 2 is 1.91 bits per heavy atom. The van der Waals surface area contributed by atoms with Crippen molar-refractivity contribution in [1.82, 2.24) is 4.40 Å². The number of ether oxygens (including phenoxy) is 1. The average molecular weight is 498 g/mol. The van der Waals surface area contributed by atoms with E-state index in [4.69, 9.17) is 16.3 Å². The fraction of sp³-hybridized carbons (Fsp3) is 0.231. The predicted octanol–water partition coefficient (Wildman–Crippen LogP) is 7.58. The maximum absolute atomic E-state index is 13.6. The van der Waals surface area contributed by atoms with Gasteiger partial charge in [-0.25, -0.2) is 4.79 Å².